The summed E-state index contributed by atoms with van der Waals surface area (Å²) in [4.78, 5) is 37.1. The van der Waals surface area contributed by atoms with Gasteiger partial charge in [-0.2, -0.15) is 0 Å². The molecular weight excluding hydrogens is 473 g/mol. The fourth-order valence-electron chi connectivity index (χ4n) is 5.05. The summed E-state index contributed by atoms with van der Waals surface area (Å²) in [6.07, 6.45) is 7.33. The second-order valence-electron chi connectivity index (χ2n) is 10.3. The van der Waals surface area contributed by atoms with E-state index in [4.69, 9.17) is 4.74 Å². The average Bonchev–Trinajstić information content (AvgIpc) is 3.65. The first-order valence-electron chi connectivity index (χ1n) is 13.2. The van der Waals surface area contributed by atoms with Crippen molar-refractivity contribution in [2.75, 3.05) is 6.61 Å². The number of ether oxygens (including phenoxy) is 1. The van der Waals surface area contributed by atoms with Gasteiger partial charge in [-0.3, -0.25) is 9.59 Å². The predicted octanol–water partition coefficient (Wildman–Crippen LogP) is 4.74. The third-order valence-corrected chi connectivity index (χ3v) is 7.45. The Bertz CT molecular complexity index is 1330. The van der Waals surface area contributed by atoms with Crippen LogP contribution in [0.3, 0.4) is 0 Å². The Morgan fingerprint density at radius 3 is 2.43 bits per heavy atom. The fraction of sp³-hybridized carbons (Fsp3) is 0.500. The smallest absolute Gasteiger partial charge is 0.255 e. The van der Waals surface area contributed by atoms with Crippen molar-refractivity contribution in [2.45, 2.75) is 77.8 Å². The van der Waals surface area contributed by atoms with E-state index in [0.29, 0.717) is 58.2 Å². The van der Waals surface area contributed by atoms with Crippen LogP contribution in [0.15, 0.2) is 18.5 Å². The largest absolute Gasteiger partial charge is 0.492 e. The van der Waals surface area contributed by atoms with Gasteiger partial charge in [0.15, 0.2) is 0 Å². The van der Waals surface area contributed by atoms with Gasteiger partial charge in [0.25, 0.3) is 5.91 Å². The number of hydrogen-bond acceptors (Lipinski definition) is 5. The summed E-state index contributed by atoms with van der Waals surface area (Å²) < 4.78 is 21.5. The van der Waals surface area contributed by atoms with Gasteiger partial charge in [-0.25, -0.2) is 14.4 Å². The zero-order valence-electron chi connectivity index (χ0n) is 21.6. The van der Waals surface area contributed by atoms with Crippen molar-refractivity contribution < 1.29 is 18.7 Å². The lowest BCUT2D eigenvalue weighted by Gasteiger charge is -2.29. The van der Waals surface area contributed by atoms with Crippen LogP contribution in [0, 0.1) is 25.6 Å². The van der Waals surface area contributed by atoms with Crippen LogP contribution >= 0.6 is 0 Å². The lowest BCUT2D eigenvalue weighted by Crippen LogP contribution is -2.43. The van der Waals surface area contributed by atoms with Crippen molar-refractivity contribution in [3.8, 4) is 17.0 Å². The highest BCUT2D eigenvalue weighted by molar-refractivity contribution is 6.09. The monoisotopic (exact) mass is 507 g/mol. The molecule has 0 radical (unpaired) electrons. The number of aromatic amines is 1. The first-order chi connectivity index (χ1) is 17.9. The maximum Gasteiger partial charge on any atom is 0.255 e. The number of carbonyl (C=O) groups excluding carboxylic acids is 2. The molecule has 196 valence electrons. The van der Waals surface area contributed by atoms with E-state index < -0.39 is 5.82 Å². The standard InChI is InChI=1S/C28H34FN5O3/c1-4-21(35)33-18-8-10-19(11-9-18)34-28(36)22-16(3)32-27-25(22)30-14-31-26(27)23-20(37-13-17-6-7-17)12-5-15(2)24(23)29/h5,12,14,17-19,32H,4,6-11,13H2,1-3H3,(H,33,35)(H,34,36)/t18-,19-. The van der Waals surface area contributed by atoms with Crippen molar-refractivity contribution >= 4 is 22.8 Å². The van der Waals surface area contributed by atoms with Crippen LogP contribution in [0.2, 0.25) is 0 Å². The van der Waals surface area contributed by atoms with E-state index in [-0.39, 0.29) is 29.5 Å². The van der Waals surface area contributed by atoms with Gasteiger partial charge in [-0.15, -0.1) is 0 Å². The number of H-pyrrole nitrogens is 1. The molecule has 2 amide bonds. The molecule has 0 atom stereocenters. The Kier molecular flexibility index (Phi) is 7.13. The Hall–Kier alpha value is -3.49. The van der Waals surface area contributed by atoms with Crippen LogP contribution < -0.4 is 15.4 Å². The lowest BCUT2D eigenvalue weighted by molar-refractivity contribution is -0.121. The van der Waals surface area contributed by atoms with E-state index in [1.165, 1.54) is 6.33 Å². The number of benzene rings is 1. The molecule has 2 aromatic heterocycles. The molecule has 8 nitrogen and oxygen atoms in total. The normalized spacial score (nSPS) is 19.6. The van der Waals surface area contributed by atoms with Gasteiger partial charge in [-0.1, -0.05) is 13.0 Å². The quantitative estimate of drug-likeness (QED) is 0.408. The summed E-state index contributed by atoms with van der Waals surface area (Å²) in [7, 11) is 0. The predicted molar refractivity (Wildman–Crippen MR) is 139 cm³/mol. The van der Waals surface area contributed by atoms with E-state index in [1.54, 1.807) is 19.1 Å². The number of halogens is 1. The van der Waals surface area contributed by atoms with Crippen LogP contribution in [-0.2, 0) is 4.79 Å². The lowest BCUT2D eigenvalue weighted by atomic mass is 9.91. The molecule has 0 saturated heterocycles. The minimum atomic E-state index is -0.390. The van der Waals surface area contributed by atoms with Gasteiger partial charge >= 0.3 is 0 Å². The molecule has 3 aromatic rings. The maximum atomic E-state index is 15.5. The van der Waals surface area contributed by atoms with Crippen LogP contribution in [0.25, 0.3) is 22.3 Å². The van der Waals surface area contributed by atoms with Crippen molar-refractivity contribution in [1.29, 1.82) is 0 Å². The zero-order valence-corrected chi connectivity index (χ0v) is 21.6. The first kappa shape index (κ1) is 25.2. The van der Waals surface area contributed by atoms with Crippen molar-refractivity contribution in [3.05, 3.63) is 41.1 Å². The fourth-order valence-corrected chi connectivity index (χ4v) is 5.05. The molecule has 2 aliphatic carbocycles. The van der Waals surface area contributed by atoms with Crippen molar-refractivity contribution in [3.63, 3.8) is 0 Å². The van der Waals surface area contributed by atoms with Gasteiger partial charge in [0.1, 0.15) is 29.1 Å². The molecule has 0 unspecified atom stereocenters. The van der Waals surface area contributed by atoms with E-state index in [1.807, 2.05) is 13.8 Å². The number of aryl methyl sites for hydroxylation is 2. The SMILES string of the molecule is CCC(=O)N[C@H]1CC[C@H](NC(=O)c2c(C)[nH]c3c(-c4c(OCC5CC5)ccc(C)c4F)ncnc23)CC1. The second kappa shape index (κ2) is 10.5. The molecule has 2 aliphatic rings. The molecule has 2 saturated carbocycles. The third kappa shape index (κ3) is 5.31. The Labute approximate surface area is 215 Å². The molecular formula is C28H34FN5O3. The van der Waals surface area contributed by atoms with Gasteiger partial charge in [-0.05, 0) is 69.9 Å². The number of rotatable bonds is 8. The average molecular weight is 508 g/mol. The second-order valence-corrected chi connectivity index (χ2v) is 10.3. The minimum absolute atomic E-state index is 0.0181. The number of carbonyl (C=O) groups is 2. The first-order valence-corrected chi connectivity index (χ1v) is 13.2. The highest BCUT2D eigenvalue weighted by Gasteiger charge is 2.28. The van der Waals surface area contributed by atoms with Crippen LogP contribution in [0.1, 0.15) is 73.5 Å². The topological polar surface area (TPSA) is 109 Å². The van der Waals surface area contributed by atoms with Crippen LogP contribution in [0.5, 0.6) is 5.75 Å². The molecule has 2 heterocycles. The maximum absolute atomic E-state index is 15.5. The summed E-state index contributed by atoms with van der Waals surface area (Å²) in [6.45, 7) is 5.92. The van der Waals surface area contributed by atoms with E-state index in [2.05, 4.69) is 25.6 Å². The van der Waals surface area contributed by atoms with Crippen LogP contribution in [-0.4, -0.2) is 45.5 Å². The third-order valence-electron chi connectivity index (χ3n) is 7.45. The summed E-state index contributed by atoms with van der Waals surface area (Å²) in [5.74, 6) is 0.412. The highest BCUT2D eigenvalue weighted by atomic mass is 19.1. The number of nitrogens with one attached hydrogen (secondary N) is 3. The molecule has 2 fully saturated rings. The molecule has 3 N–H and O–H groups in total. The summed E-state index contributed by atoms with van der Waals surface area (Å²) in [5, 5.41) is 6.18. The number of nitrogens with zero attached hydrogens (tertiary/aromatic N) is 2. The molecule has 0 aliphatic heterocycles. The summed E-state index contributed by atoms with van der Waals surface area (Å²) in [6, 6.07) is 3.67. The van der Waals surface area contributed by atoms with E-state index in [9.17, 15) is 9.59 Å². The number of hydrogen-bond donors (Lipinski definition) is 3. The number of amides is 2. The Morgan fingerprint density at radius 2 is 1.76 bits per heavy atom. The van der Waals surface area contributed by atoms with Crippen LogP contribution in [0.4, 0.5) is 4.39 Å². The Balaban J connectivity index is 1.40. The number of fused-ring (bicyclic) bond motifs is 1. The highest BCUT2D eigenvalue weighted by Crippen LogP contribution is 2.39. The van der Waals surface area contributed by atoms with Crippen molar-refractivity contribution in [1.82, 2.24) is 25.6 Å². The van der Waals surface area contributed by atoms with Gasteiger partial charge in [0.05, 0.1) is 23.3 Å². The van der Waals surface area contributed by atoms with Gasteiger partial charge in [0, 0.05) is 24.2 Å². The molecule has 0 bridgehead atoms. The van der Waals surface area contributed by atoms with E-state index in [0.717, 1.165) is 38.5 Å². The summed E-state index contributed by atoms with van der Waals surface area (Å²) in [5.41, 5.74) is 3.21. The summed E-state index contributed by atoms with van der Waals surface area (Å²) >= 11 is 0. The molecule has 37 heavy (non-hydrogen) atoms. The zero-order chi connectivity index (χ0) is 26.1. The Morgan fingerprint density at radius 1 is 1.05 bits per heavy atom. The van der Waals surface area contributed by atoms with E-state index >= 15 is 4.39 Å². The molecule has 0 spiro atoms. The van der Waals surface area contributed by atoms with Crippen molar-refractivity contribution in [2.24, 2.45) is 5.92 Å². The van der Waals surface area contributed by atoms with Gasteiger partial charge in [0.2, 0.25) is 5.91 Å². The molecule has 5 rings (SSSR count). The number of aromatic nitrogens is 3. The molecule has 1 aromatic carbocycles. The minimum Gasteiger partial charge on any atom is -0.492 e. The van der Waals surface area contributed by atoms with Gasteiger partial charge < -0.3 is 20.4 Å². The molecule has 9 heteroatoms.